The first kappa shape index (κ1) is 24.6. The molecule has 2 atom stereocenters. The molecule has 0 saturated heterocycles. The number of aromatic hydroxyl groups is 2. The summed E-state index contributed by atoms with van der Waals surface area (Å²) in [5.74, 6) is 0.572. The standard InChI is InChI=1S/C24H36N6O3/c1-12(2)17(11-31)26-24-27-23(25-15(7)16-8-9-18(32)19(33)10-16)21-22(30(24)14(5)6)20(13(3)4)28-29-21/h8-10,12-15,17,31-33H,11H2,1-7H3,(H,28,29)(H,25,26,27). The van der Waals surface area contributed by atoms with Crippen LogP contribution in [0.15, 0.2) is 23.2 Å². The number of aliphatic hydroxyl groups is 1. The molecule has 0 radical (unpaired) electrons. The third-order valence-electron chi connectivity index (χ3n) is 5.84. The Kier molecular flexibility index (Phi) is 7.31. The Morgan fingerprint density at radius 3 is 2.30 bits per heavy atom. The van der Waals surface area contributed by atoms with Crippen molar-refractivity contribution in [2.24, 2.45) is 10.9 Å². The number of anilines is 1. The van der Waals surface area contributed by atoms with E-state index >= 15 is 0 Å². The predicted molar refractivity (Wildman–Crippen MR) is 129 cm³/mol. The van der Waals surface area contributed by atoms with E-state index in [4.69, 9.17) is 9.98 Å². The van der Waals surface area contributed by atoms with Crippen LogP contribution in [-0.2, 0) is 0 Å². The first-order chi connectivity index (χ1) is 15.5. The Morgan fingerprint density at radius 2 is 1.76 bits per heavy atom. The minimum atomic E-state index is -0.284. The second-order valence-corrected chi connectivity index (χ2v) is 9.45. The smallest absolute Gasteiger partial charge is 0.228 e. The summed E-state index contributed by atoms with van der Waals surface area (Å²) in [5.41, 5.74) is 3.93. The van der Waals surface area contributed by atoms with Crippen molar-refractivity contribution >= 4 is 16.9 Å². The number of phenols is 2. The summed E-state index contributed by atoms with van der Waals surface area (Å²) in [6.07, 6.45) is 0. The lowest BCUT2D eigenvalue weighted by Gasteiger charge is -2.21. The van der Waals surface area contributed by atoms with Crippen molar-refractivity contribution in [1.29, 1.82) is 0 Å². The van der Waals surface area contributed by atoms with Gasteiger partial charge in [0.25, 0.3) is 0 Å². The van der Waals surface area contributed by atoms with Crippen molar-refractivity contribution in [3.8, 4) is 11.5 Å². The molecule has 180 valence electrons. The Labute approximate surface area is 194 Å². The van der Waals surface area contributed by atoms with E-state index in [0.717, 1.165) is 16.8 Å². The van der Waals surface area contributed by atoms with Gasteiger partial charge in [-0.05, 0) is 50.3 Å². The van der Waals surface area contributed by atoms with Crippen LogP contribution in [0.5, 0.6) is 11.5 Å². The summed E-state index contributed by atoms with van der Waals surface area (Å²) in [6, 6.07) is 4.29. The van der Waals surface area contributed by atoms with E-state index in [1.807, 2.05) is 20.8 Å². The molecule has 0 bridgehead atoms. The molecule has 0 aliphatic rings. The SMILES string of the molecule is CC(C)c1[nH]nc2c(NC(C)c3ccc(O)c(O)c3)nc(=NC(CO)C(C)C)n(C(C)C)c12. The number of hydrogen-bond donors (Lipinski definition) is 5. The van der Waals surface area contributed by atoms with E-state index in [2.05, 4.69) is 47.8 Å². The topological polar surface area (TPSA) is 132 Å². The molecule has 9 heteroatoms. The molecule has 1 aromatic carbocycles. The van der Waals surface area contributed by atoms with E-state index in [9.17, 15) is 15.3 Å². The quantitative estimate of drug-likeness (QED) is 0.326. The lowest BCUT2D eigenvalue weighted by atomic mass is 10.1. The van der Waals surface area contributed by atoms with Crippen LogP contribution in [0, 0.1) is 5.92 Å². The van der Waals surface area contributed by atoms with Gasteiger partial charge in [-0.25, -0.2) is 4.99 Å². The average Bonchev–Trinajstić information content (AvgIpc) is 3.18. The highest BCUT2D eigenvalue weighted by atomic mass is 16.3. The van der Waals surface area contributed by atoms with Crippen LogP contribution in [0.3, 0.4) is 0 Å². The van der Waals surface area contributed by atoms with Gasteiger partial charge in [-0.3, -0.25) is 5.10 Å². The zero-order valence-corrected chi connectivity index (χ0v) is 20.5. The third-order valence-corrected chi connectivity index (χ3v) is 5.84. The molecule has 0 fully saturated rings. The minimum Gasteiger partial charge on any atom is -0.504 e. The first-order valence-electron chi connectivity index (χ1n) is 11.5. The Morgan fingerprint density at radius 1 is 1.06 bits per heavy atom. The molecule has 9 nitrogen and oxygen atoms in total. The van der Waals surface area contributed by atoms with E-state index < -0.39 is 0 Å². The number of fused-ring (bicyclic) bond motifs is 1. The number of aromatic nitrogens is 4. The van der Waals surface area contributed by atoms with Gasteiger partial charge in [0, 0.05) is 6.04 Å². The predicted octanol–water partition coefficient (Wildman–Crippen LogP) is 3.97. The van der Waals surface area contributed by atoms with Gasteiger partial charge in [-0.2, -0.15) is 10.1 Å². The second kappa shape index (κ2) is 9.82. The highest BCUT2D eigenvalue weighted by Crippen LogP contribution is 2.32. The van der Waals surface area contributed by atoms with Crippen LogP contribution in [0.1, 0.15) is 77.7 Å². The van der Waals surface area contributed by atoms with Crippen molar-refractivity contribution in [3.63, 3.8) is 0 Å². The van der Waals surface area contributed by atoms with Crippen LogP contribution in [0.25, 0.3) is 11.0 Å². The summed E-state index contributed by atoms with van der Waals surface area (Å²) in [4.78, 5) is 9.69. The van der Waals surface area contributed by atoms with Crippen molar-refractivity contribution in [2.45, 2.75) is 72.5 Å². The molecule has 5 N–H and O–H groups in total. The molecule has 2 aromatic heterocycles. The molecule has 0 amide bonds. The van der Waals surface area contributed by atoms with Gasteiger partial charge in [0.15, 0.2) is 22.8 Å². The molecule has 0 saturated carbocycles. The number of aromatic amines is 1. The van der Waals surface area contributed by atoms with Gasteiger partial charge in [-0.15, -0.1) is 0 Å². The van der Waals surface area contributed by atoms with Gasteiger partial charge in [-0.1, -0.05) is 33.8 Å². The normalized spacial score (nSPS) is 14.6. The monoisotopic (exact) mass is 456 g/mol. The van der Waals surface area contributed by atoms with Gasteiger partial charge >= 0.3 is 0 Å². The zero-order chi connectivity index (χ0) is 24.4. The molecule has 2 heterocycles. The third kappa shape index (κ3) is 4.98. The Hall–Kier alpha value is -3.07. The van der Waals surface area contributed by atoms with Gasteiger partial charge in [0.2, 0.25) is 5.62 Å². The number of nitrogens with one attached hydrogen (secondary N) is 2. The first-order valence-corrected chi connectivity index (χ1v) is 11.5. The molecule has 3 rings (SSSR count). The molecule has 0 spiro atoms. The number of hydrogen-bond acceptors (Lipinski definition) is 7. The molecular weight excluding hydrogens is 420 g/mol. The Balaban J connectivity index is 2.25. The highest BCUT2D eigenvalue weighted by molar-refractivity contribution is 5.87. The van der Waals surface area contributed by atoms with E-state index in [1.165, 1.54) is 12.1 Å². The summed E-state index contributed by atoms with van der Waals surface area (Å²) >= 11 is 0. The molecule has 0 aliphatic carbocycles. The van der Waals surface area contributed by atoms with Gasteiger partial charge < -0.3 is 25.2 Å². The summed E-state index contributed by atoms with van der Waals surface area (Å²) in [7, 11) is 0. The number of H-pyrrole nitrogens is 1. The maximum Gasteiger partial charge on any atom is 0.228 e. The highest BCUT2D eigenvalue weighted by Gasteiger charge is 2.22. The van der Waals surface area contributed by atoms with Crippen LogP contribution in [-0.4, -0.2) is 47.7 Å². The summed E-state index contributed by atoms with van der Waals surface area (Å²) in [6.45, 7) is 14.3. The number of aliphatic hydroxyl groups excluding tert-OH is 1. The fourth-order valence-electron chi connectivity index (χ4n) is 3.80. The zero-order valence-electron chi connectivity index (χ0n) is 20.5. The van der Waals surface area contributed by atoms with Crippen LogP contribution in [0.2, 0.25) is 0 Å². The van der Waals surface area contributed by atoms with E-state index in [0.29, 0.717) is 17.0 Å². The summed E-state index contributed by atoms with van der Waals surface area (Å²) in [5, 5.41) is 40.6. The number of benzene rings is 1. The fourth-order valence-corrected chi connectivity index (χ4v) is 3.80. The largest absolute Gasteiger partial charge is 0.504 e. The van der Waals surface area contributed by atoms with Gasteiger partial charge in [0.05, 0.1) is 29.9 Å². The van der Waals surface area contributed by atoms with E-state index in [1.54, 1.807) is 6.07 Å². The average molecular weight is 457 g/mol. The number of phenolic OH excluding ortho intramolecular Hbond substituents is 2. The lowest BCUT2D eigenvalue weighted by Crippen LogP contribution is -2.32. The fraction of sp³-hybridized carbons (Fsp3) is 0.542. The van der Waals surface area contributed by atoms with Crippen LogP contribution in [0.4, 0.5) is 5.82 Å². The molecule has 3 aromatic rings. The molecule has 33 heavy (non-hydrogen) atoms. The second-order valence-electron chi connectivity index (χ2n) is 9.45. The summed E-state index contributed by atoms with van der Waals surface area (Å²) < 4.78 is 2.07. The Bertz CT molecular complexity index is 1180. The maximum atomic E-state index is 9.92. The van der Waals surface area contributed by atoms with E-state index in [-0.39, 0.29) is 48.1 Å². The number of nitrogens with zero attached hydrogens (tertiary/aromatic N) is 4. The minimum absolute atomic E-state index is 0.0656. The van der Waals surface area contributed by atoms with Crippen molar-refractivity contribution < 1.29 is 15.3 Å². The van der Waals surface area contributed by atoms with Crippen LogP contribution < -0.4 is 10.9 Å². The molecule has 2 unspecified atom stereocenters. The van der Waals surface area contributed by atoms with Gasteiger partial charge in [0.1, 0.15) is 0 Å². The van der Waals surface area contributed by atoms with Crippen molar-refractivity contribution in [1.82, 2.24) is 19.7 Å². The van der Waals surface area contributed by atoms with Crippen molar-refractivity contribution in [3.05, 3.63) is 35.1 Å². The number of rotatable bonds is 8. The van der Waals surface area contributed by atoms with Crippen LogP contribution >= 0.6 is 0 Å². The lowest BCUT2D eigenvalue weighted by molar-refractivity contribution is 0.235. The van der Waals surface area contributed by atoms with Crippen molar-refractivity contribution in [2.75, 3.05) is 11.9 Å². The molecular formula is C24H36N6O3. The molecule has 0 aliphatic heterocycles. The maximum absolute atomic E-state index is 9.92.